The van der Waals surface area contributed by atoms with E-state index in [-0.39, 0.29) is 0 Å². The van der Waals surface area contributed by atoms with Gasteiger partial charge in [-0.15, -0.1) is 0 Å². The zero-order chi connectivity index (χ0) is 32.1. The van der Waals surface area contributed by atoms with Crippen molar-refractivity contribution in [3.63, 3.8) is 0 Å². The molecule has 0 N–H and O–H groups in total. The number of fused-ring (bicyclic) bond motifs is 2. The Hall–Kier alpha value is -3.70. The minimum atomic E-state index is -4.05. The molecule has 2 atom stereocenters. The first-order valence-corrected chi connectivity index (χ1v) is 29.6. The van der Waals surface area contributed by atoms with Gasteiger partial charge >= 0.3 is 276 Å². The summed E-state index contributed by atoms with van der Waals surface area (Å²) < 4.78 is 30.9. The molecule has 1 fully saturated rings. The summed E-state index contributed by atoms with van der Waals surface area (Å²) in [5.74, 6) is 3.23. The summed E-state index contributed by atoms with van der Waals surface area (Å²) in [4.78, 5) is 0. The second-order valence-corrected chi connectivity index (χ2v) is 39.7. The zero-order valence-electron chi connectivity index (χ0n) is 27.9. The van der Waals surface area contributed by atoms with E-state index >= 15 is 0 Å². The van der Waals surface area contributed by atoms with Crippen molar-refractivity contribution in [3.05, 3.63) is 107 Å². The Kier molecular flexibility index (Phi) is 7.95. The Morgan fingerprint density at radius 1 is 0.543 bits per heavy atom. The van der Waals surface area contributed by atoms with Gasteiger partial charge < -0.3 is 0 Å². The molecule has 3 aliphatic rings. The summed E-state index contributed by atoms with van der Waals surface area (Å²) in [6, 6.07) is 26.2. The van der Waals surface area contributed by atoms with Crippen molar-refractivity contribution >= 4 is 15.4 Å². The van der Waals surface area contributed by atoms with Crippen molar-refractivity contribution in [2.75, 3.05) is 28.4 Å². The molecule has 0 radical (unpaired) electrons. The number of methoxy groups -OCH3 is 4. The molecular formula is C41H44HfO4. The van der Waals surface area contributed by atoms with Crippen molar-refractivity contribution in [2.24, 2.45) is 0 Å². The fraction of sp³-hybridized carbons (Fsp3) is 0.293. The third-order valence-electron chi connectivity index (χ3n) is 11.4. The fourth-order valence-electron chi connectivity index (χ4n) is 8.88. The van der Waals surface area contributed by atoms with Crippen molar-refractivity contribution in [3.8, 4) is 45.3 Å². The zero-order valence-corrected chi connectivity index (χ0v) is 31.4. The SMILES string of the molecule is COc1cc(OC)cc(-c2cccc3c2C=C[CH]3[Hf]([CH3])([CH3])(=[C]2CCCC2)[CH]2C=Cc3c(-c4cc(OC)cc(OC)c4)cccc32)c1. The monoisotopic (exact) mass is 780 g/mol. The Bertz CT molecular complexity index is 1800. The van der Waals surface area contributed by atoms with E-state index in [2.05, 4.69) is 94.3 Å². The van der Waals surface area contributed by atoms with Gasteiger partial charge in [0.25, 0.3) is 0 Å². The molecule has 5 heteroatoms. The van der Waals surface area contributed by atoms with Gasteiger partial charge in [0.15, 0.2) is 0 Å². The Labute approximate surface area is 274 Å². The molecule has 0 bridgehead atoms. The molecule has 1 saturated carbocycles. The first kappa shape index (κ1) is 30.9. The van der Waals surface area contributed by atoms with Crippen LogP contribution in [0.2, 0.25) is 9.36 Å². The van der Waals surface area contributed by atoms with Crippen LogP contribution in [0, 0.1) is 0 Å². The van der Waals surface area contributed by atoms with Crippen LogP contribution in [0.5, 0.6) is 23.0 Å². The van der Waals surface area contributed by atoms with Crippen molar-refractivity contribution in [1.82, 2.24) is 0 Å². The van der Waals surface area contributed by atoms with Crippen LogP contribution in [0.15, 0.2) is 84.9 Å². The molecule has 0 aromatic heterocycles. The van der Waals surface area contributed by atoms with Gasteiger partial charge in [0, 0.05) is 0 Å². The van der Waals surface area contributed by atoms with Crippen LogP contribution in [0.4, 0.5) is 0 Å². The van der Waals surface area contributed by atoms with Gasteiger partial charge in [-0.05, 0) is 0 Å². The average Bonchev–Trinajstić information content (AvgIpc) is 3.88. The second-order valence-electron chi connectivity index (χ2n) is 13.9. The molecule has 0 aliphatic heterocycles. The van der Waals surface area contributed by atoms with Crippen molar-refractivity contribution in [2.45, 2.75) is 42.4 Å². The molecule has 2 unspecified atom stereocenters. The van der Waals surface area contributed by atoms with Crippen LogP contribution in [0.3, 0.4) is 0 Å². The summed E-state index contributed by atoms with van der Waals surface area (Å²) >= 11 is -4.05. The van der Waals surface area contributed by atoms with E-state index in [1.807, 2.05) is 15.4 Å². The molecule has 0 saturated heterocycles. The first-order valence-electron chi connectivity index (χ1n) is 16.4. The normalized spacial score (nSPS) is 18.5. The Balaban J connectivity index is 1.39. The molecule has 7 rings (SSSR count). The van der Waals surface area contributed by atoms with Gasteiger partial charge in [-0.25, -0.2) is 0 Å². The minimum absolute atomic E-state index is 0.425. The third-order valence-corrected chi connectivity index (χ3v) is 38.6. The van der Waals surface area contributed by atoms with E-state index in [0.29, 0.717) is 7.35 Å². The first-order chi connectivity index (χ1) is 22.3. The molecular weight excluding hydrogens is 735 g/mol. The summed E-state index contributed by atoms with van der Waals surface area (Å²) in [5.41, 5.74) is 10.4. The van der Waals surface area contributed by atoms with Crippen LogP contribution in [0.1, 0.15) is 55.3 Å². The molecule has 46 heavy (non-hydrogen) atoms. The Morgan fingerprint density at radius 3 is 1.30 bits per heavy atom. The van der Waals surface area contributed by atoms with Crippen LogP contribution in [0.25, 0.3) is 34.4 Å². The quantitative estimate of drug-likeness (QED) is 0.167. The second kappa shape index (κ2) is 11.8. The molecule has 0 spiro atoms. The van der Waals surface area contributed by atoms with Crippen molar-refractivity contribution in [1.29, 1.82) is 0 Å². The van der Waals surface area contributed by atoms with Crippen LogP contribution in [-0.4, -0.2) is 31.7 Å². The van der Waals surface area contributed by atoms with Gasteiger partial charge in [0.1, 0.15) is 0 Å². The maximum absolute atomic E-state index is 5.65. The number of hydrogen-bond acceptors (Lipinski definition) is 4. The van der Waals surface area contributed by atoms with Crippen LogP contribution < -0.4 is 18.9 Å². The third kappa shape index (κ3) is 4.85. The number of ether oxygens (including phenoxy) is 4. The fourth-order valence-corrected chi connectivity index (χ4v) is 34.0. The van der Waals surface area contributed by atoms with Gasteiger partial charge in [0.2, 0.25) is 0 Å². The maximum atomic E-state index is 5.65. The average molecular weight is 779 g/mol. The molecule has 3 aliphatic carbocycles. The predicted molar refractivity (Wildman–Crippen MR) is 189 cm³/mol. The summed E-state index contributed by atoms with van der Waals surface area (Å²) in [7, 11) is 6.86. The predicted octanol–water partition coefficient (Wildman–Crippen LogP) is 10.4. The van der Waals surface area contributed by atoms with Gasteiger partial charge in [-0.2, -0.15) is 0 Å². The Morgan fingerprint density at radius 2 is 0.935 bits per heavy atom. The summed E-state index contributed by atoms with van der Waals surface area (Å²) in [6.45, 7) is 0. The number of hydrogen-bond donors (Lipinski definition) is 0. The van der Waals surface area contributed by atoms with E-state index in [4.69, 9.17) is 18.9 Å². The van der Waals surface area contributed by atoms with Crippen LogP contribution in [-0.2, 0) is 18.0 Å². The summed E-state index contributed by atoms with van der Waals surface area (Å²) in [6.07, 6.45) is 15.1. The van der Waals surface area contributed by atoms with E-state index in [0.717, 1.165) is 34.1 Å². The molecule has 236 valence electrons. The molecule has 0 amide bonds. The molecule has 4 aromatic rings. The van der Waals surface area contributed by atoms with E-state index in [1.165, 1.54) is 59.1 Å². The van der Waals surface area contributed by atoms with Gasteiger partial charge in [0.05, 0.1) is 0 Å². The molecule has 4 aromatic carbocycles. The summed E-state index contributed by atoms with van der Waals surface area (Å²) in [5, 5.41) is 0. The van der Waals surface area contributed by atoms with E-state index < -0.39 is 18.0 Å². The topological polar surface area (TPSA) is 36.9 Å². The molecule has 0 heterocycles. The van der Waals surface area contributed by atoms with Crippen LogP contribution >= 0.6 is 0 Å². The van der Waals surface area contributed by atoms with Crippen molar-refractivity contribution < 1.29 is 37.0 Å². The number of allylic oxidation sites excluding steroid dienone is 2. The van der Waals surface area contributed by atoms with Gasteiger partial charge in [-0.3, -0.25) is 0 Å². The number of rotatable bonds is 8. The van der Waals surface area contributed by atoms with E-state index in [1.54, 1.807) is 28.4 Å². The van der Waals surface area contributed by atoms with Gasteiger partial charge in [-0.1, -0.05) is 0 Å². The number of benzene rings is 4. The molecule has 4 nitrogen and oxygen atoms in total. The standard InChI is InChI=1S/2C17H15O2.C5H8.2CH3.Hf/c2*1-18-14-9-13(10-15(11-14)19-2)17-8-4-6-12-5-3-7-16(12)17;1-2-4-5-3-1;;;/h2*3-11H,1-2H3;1-4H2;2*1H3;. The van der Waals surface area contributed by atoms with E-state index in [9.17, 15) is 0 Å².